The summed E-state index contributed by atoms with van der Waals surface area (Å²) in [5.74, 6) is 0.363. The van der Waals surface area contributed by atoms with Crippen molar-refractivity contribution in [3.05, 3.63) is 59.7 Å². The number of nitrogens with zero attached hydrogens (tertiary/aromatic N) is 1. The third kappa shape index (κ3) is 6.01. The van der Waals surface area contributed by atoms with Crippen molar-refractivity contribution in [3.63, 3.8) is 0 Å². The second kappa shape index (κ2) is 10.2. The normalized spacial score (nSPS) is 13.6. The molecule has 3 rings (SSSR count). The van der Waals surface area contributed by atoms with Crippen molar-refractivity contribution in [2.45, 2.75) is 20.0 Å². The van der Waals surface area contributed by atoms with Crippen molar-refractivity contribution in [2.24, 2.45) is 0 Å². The zero-order chi connectivity index (χ0) is 21.5. The van der Waals surface area contributed by atoms with Gasteiger partial charge >= 0.3 is 0 Å². The molecule has 7 nitrogen and oxygen atoms in total. The molecule has 0 saturated carbocycles. The maximum Gasteiger partial charge on any atom is 0.257 e. The zero-order valence-electron chi connectivity index (χ0n) is 17.0. The number of hydrogen-bond donors (Lipinski definition) is 2. The average molecular weight is 428 g/mol. The van der Waals surface area contributed by atoms with Crippen molar-refractivity contribution in [1.29, 1.82) is 0 Å². The molecule has 2 aromatic carbocycles. The van der Waals surface area contributed by atoms with Crippen LogP contribution in [0.25, 0.3) is 0 Å². The summed E-state index contributed by atoms with van der Waals surface area (Å²) < 4.78 is 10.8. The number of benzene rings is 2. The summed E-state index contributed by atoms with van der Waals surface area (Å²) in [4.78, 5) is 26.6. The highest BCUT2D eigenvalue weighted by atomic mass is 32.1. The fourth-order valence-corrected chi connectivity index (χ4v) is 3.15. The standard InChI is InChI=1S/C22H25N3O4S/c1-15(2)29-19-9-5-16(6-10-19)20(26)24-22(30)23-18-7-3-17(4-8-18)21(27)25-11-13-28-14-12-25/h3-10,15H,11-14H2,1-2H3,(H2,23,24,26,30). The SMILES string of the molecule is CC(C)Oc1ccc(C(=O)NC(=S)Nc2ccc(C(=O)N3CCOCC3)cc2)cc1. The number of morpholine rings is 1. The summed E-state index contributed by atoms with van der Waals surface area (Å²) in [6.07, 6.45) is 0.0667. The summed E-state index contributed by atoms with van der Waals surface area (Å²) in [5.41, 5.74) is 1.75. The zero-order valence-corrected chi connectivity index (χ0v) is 17.8. The van der Waals surface area contributed by atoms with Crippen LogP contribution in [0.1, 0.15) is 34.6 Å². The molecule has 0 bridgehead atoms. The molecule has 1 heterocycles. The number of nitrogens with one attached hydrogen (secondary N) is 2. The number of hydrogen-bond acceptors (Lipinski definition) is 5. The molecule has 8 heteroatoms. The number of carbonyl (C=O) groups excluding carboxylic acids is 2. The van der Waals surface area contributed by atoms with E-state index < -0.39 is 0 Å². The molecular formula is C22H25N3O4S. The van der Waals surface area contributed by atoms with Gasteiger partial charge in [-0.15, -0.1) is 0 Å². The average Bonchev–Trinajstić information content (AvgIpc) is 2.74. The Kier molecular flexibility index (Phi) is 7.37. The van der Waals surface area contributed by atoms with Crippen LogP contribution >= 0.6 is 12.2 Å². The predicted molar refractivity (Wildman–Crippen MR) is 119 cm³/mol. The molecule has 0 atom stereocenters. The molecule has 0 aliphatic carbocycles. The summed E-state index contributed by atoms with van der Waals surface area (Å²) in [6, 6.07) is 13.8. The Labute approximate surface area is 181 Å². The van der Waals surface area contributed by atoms with Crippen LogP contribution in [0.5, 0.6) is 5.75 Å². The van der Waals surface area contributed by atoms with Gasteiger partial charge < -0.3 is 19.7 Å². The van der Waals surface area contributed by atoms with E-state index >= 15 is 0 Å². The van der Waals surface area contributed by atoms with Gasteiger partial charge in [-0.05, 0) is 74.6 Å². The summed E-state index contributed by atoms with van der Waals surface area (Å²) in [7, 11) is 0. The van der Waals surface area contributed by atoms with Crippen molar-refractivity contribution >= 4 is 34.8 Å². The van der Waals surface area contributed by atoms with Gasteiger partial charge in [0.25, 0.3) is 11.8 Å². The molecule has 2 amide bonds. The lowest BCUT2D eigenvalue weighted by atomic mass is 10.1. The highest BCUT2D eigenvalue weighted by molar-refractivity contribution is 7.80. The quantitative estimate of drug-likeness (QED) is 0.714. The Morgan fingerprint density at radius 3 is 2.20 bits per heavy atom. The first kappa shape index (κ1) is 21.7. The molecule has 0 unspecified atom stereocenters. The Bertz CT molecular complexity index is 892. The van der Waals surface area contributed by atoms with Gasteiger partial charge in [-0.3, -0.25) is 14.9 Å². The molecule has 1 saturated heterocycles. The molecule has 1 fully saturated rings. The van der Waals surface area contributed by atoms with Gasteiger partial charge in [-0.25, -0.2) is 0 Å². The summed E-state index contributed by atoms with van der Waals surface area (Å²) in [6.45, 7) is 6.20. The van der Waals surface area contributed by atoms with Gasteiger partial charge in [-0.2, -0.15) is 0 Å². The van der Waals surface area contributed by atoms with Crippen LogP contribution in [0, 0.1) is 0 Å². The summed E-state index contributed by atoms with van der Waals surface area (Å²) >= 11 is 5.23. The molecule has 0 radical (unpaired) electrons. The Hall–Kier alpha value is -2.97. The van der Waals surface area contributed by atoms with Crippen molar-refractivity contribution in [3.8, 4) is 5.75 Å². The number of ether oxygens (including phenoxy) is 2. The van der Waals surface area contributed by atoms with E-state index in [-0.39, 0.29) is 23.0 Å². The molecule has 1 aliphatic rings. The van der Waals surface area contributed by atoms with Crippen LogP contribution in [0.3, 0.4) is 0 Å². The molecule has 0 spiro atoms. The molecule has 158 valence electrons. The van der Waals surface area contributed by atoms with Crippen LogP contribution in [-0.2, 0) is 4.74 Å². The van der Waals surface area contributed by atoms with Crippen LogP contribution < -0.4 is 15.4 Å². The second-order valence-corrected chi connectivity index (χ2v) is 7.49. The second-order valence-electron chi connectivity index (χ2n) is 7.08. The largest absolute Gasteiger partial charge is 0.491 e. The third-order valence-corrected chi connectivity index (χ3v) is 4.61. The topological polar surface area (TPSA) is 79.9 Å². The van der Waals surface area contributed by atoms with Gasteiger partial charge in [0.1, 0.15) is 5.75 Å². The highest BCUT2D eigenvalue weighted by Gasteiger charge is 2.18. The fraction of sp³-hybridized carbons (Fsp3) is 0.318. The lowest BCUT2D eigenvalue weighted by molar-refractivity contribution is 0.0303. The van der Waals surface area contributed by atoms with Crippen molar-refractivity contribution in [2.75, 3.05) is 31.6 Å². The number of anilines is 1. The minimum absolute atomic E-state index is 0.0226. The van der Waals surface area contributed by atoms with Gasteiger partial charge in [0.05, 0.1) is 19.3 Å². The smallest absolute Gasteiger partial charge is 0.257 e. The van der Waals surface area contributed by atoms with Gasteiger partial charge in [0.2, 0.25) is 0 Å². The van der Waals surface area contributed by atoms with E-state index in [1.54, 1.807) is 53.4 Å². The monoisotopic (exact) mass is 427 g/mol. The maximum atomic E-state index is 12.5. The first-order valence-electron chi connectivity index (χ1n) is 9.78. The van der Waals surface area contributed by atoms with Crippen molar-refractivity contribution < 1.29 is 19.1 Å². The lowest BCUT2D eigenvalue weighted by Gasteiger charge is -2.26. The highest BCUT2D eigenvalue weighted by Crippen LogP contribution is 2.15. The van der Waals surface area contributed by atoms with Gasteiger partial charge in [0, 0.05) is 29.9 Å². The predicted octanol–water partition coefficient (Wildman–Crippen LogP) is 3.07. The van der Waals surface area contributed by atoms with Crippen LogP contribution in [0.4, 0.5) is 5.69 Å². The van der Waals surface area contributed by atoms with Gasteiger partial charge in [-0.1, -0.05) is 0 Å². The fourth-order valence-electron chi connectivity index (χ4n) is 2.94. The number of thiocarbonyl (C=S) groups is 1. The van der Waals surface area contributed by atoms with Crippen LogP contribution in [0.2, 0.25) is 0 Å². The van der Waals surface area contributed by atoms with E-state index in [4.69, 9.17) is 21.7 Å². The van der Waals surface area contributed by atoms with E-state index in [1.165, 1.54) is 0 Å². The van der Waals surface area contributed by atoms with Gasteiger partial charge in [0.15, 0.2) is 5.11 Å². The minimum Gasteiger partial charge on any atom is -0.491 e. The van der Waals surface area contributed by atoms with E-state index in [0.29, 0.717) is 48.9 Å². The van der Waals surface area contributed by atoms with E-state index in [2.05, 4.69) is 10.6 Å². The van der Waals surface area contributed by atoms with E-state index in [0.717, 1.165) is 0 Å². The number of rotatable bonds is 5. The van der Waals surface area contributed by atoms with Crippen LogP contribution in [0.15, 0.2) is 48.5 Å². The molecular weight excluding hydrogens is 402 g/mol. The lowest BCUT2D eigenvalue weighted by Crippen LogP contribution is -2.40. The first-order valence-corrected chi connectivity index (χ1v) is 10.2. The molecule has 2 N–H and O–H groups in total. The molecule has 0 aromatic heterocycles. The molecule has 30 heavy (non-hydrogen) atoms. The number of amides is 2. The Morgan fingerprint density at radius 1 is 1.00 bits per heavy atom. The van der Waals surface area contributed by atoms with E-state index in [1.807, 2.05) is 13.8 Å². The van der Waals surface area contributed by atoms with Crippen LogP contribution in [-0.4, -0.2) is 54.2 Å². The Balaban J connectivity index is 1.52. The minimum atomic E-state index is -0.317. The maximum absolute atomic E-state index is 12.5. The van der Waals surface area contributed by atoms with Crippen molar-refractivity contribution in [1.82, 2.24) is 10.2 Å². The molecule has 2 aromatic rings. The third-order valence-electron chi connectivity index (χ3n) is 4.40. The summed E-state index contributed by atoms with van der Waals surface area (Å²) in [5, 5.41) is 5.78. The Morgan fingerprint density at radius 2 is 1.60 bits per heavy atom. The number of carbonyl (C=O) groups is 2. The molecule has 1 aliphatic heterocycles. The van der Waals surface area contributed by atoms with E-state index in [9.17, 15) is 9.59 Å². The first-order chi connectivity index (χ1) is 14.4.